The van der Waals surface area contributed by atoms with E-state index < -0.39 is 0 Å². The summed E-state index contributed by atoms with van der Waals surface area (Å²) in [6, 6.07) is 12.5. The molecular weight excluding hydrogens is 374 g/mol. The van der Waals surface area contributed by atoms with Crippen molar-refractivity contribution in [3.8, 4) is 11.8 Å². The monoisotopic (exact) mass is 393 g/mol. The fourth-order valence-electron chi connectivity index (χ4n) is 2.39. The highest BCUT2D eigenvalue weighted by Crippen LogP contribution is 2.16. The van der Waals surface area contributed by atoms with Crippen molar-refractivity contribution in [2.75, 3.05) is 18.4 Å². The van der Waals surface area contributed by atoms with Gasteiger partial charge in [0.25, 0.3) is 5.91 Å². The minimum Gasteiger partial charge on any atom is -0.487 e. The predicted molar refractivity (Wildman–Crippen MR) is 107 cm³/mol. The second-order valence-corrected chi connectivity index (χ2v) is 6.96. The van der Waals surface area contributed by atoms with Gasteiger partial charge in [0.1, 0.15) is 24.2 Å². The molecule has 7 nitrogen and oxygen atoms in total. The van der Waals surface area contributed by atoms with Gasteiger partial charge in [-0.05, 0) is 37.3 Å². The Hall–Kier alpha value is -3.44. The molecule has 0 bridgehead atoms. The average molecular weight is 393 g/mol. The van der Waals surface area contributed by atoms with Gasteiger partial charge in [0.05, 0.1) is 16.3 Å². The molecule has 0 saturated carbocycles. The van der Waals surface area contributed by atoms with Crippen LogP contribution < -0.4 is 15.4 Å². The minimum atomic E-state index is -0.176. The smallest absolute Gasteiger partial charge is 0.251 e. The zero-order valence-electron chi connectivity index (χ0n) is 15.3. The molecule has 0 radical (unpaired) electrons. The van der Waals surface area contributed by atoms with Crippen molar-refractivity contribution in [3.63, 3.8) is 0 Å². The van der Waals surface area contributed by atoms with Crippen molar-refractivity contribution < 1.29 is 9.53 Å². The van der Waals surface area contributed by atoms with Crippen LogP contribution in [-0.2, 0) is 6.61 Å². The Balaban J connectivity index is 1.45. The summed E-state index contributed by atoms with van der Waals surface area (Å²) in [7, 11) is 0. The van der Waals surface area contributed by atoms with Crippen LogP contribution in [0.1, 0.15) is 26.6 Å². The highest BCUT2D eigenvalue weighted by atomic mass is 32.1. The van der Waals surface area contributed by atoms with Crippen LogP contribution >= 0.6 is 11.3 Å². The fourth-order valence-corrected chi connectivity index (χ4v) is 2.99. The highest BCUT2D eigenvalue weighted by molar-refractivity contribution is 7.09. The van der Waals surface area contributed by atoms with E-state index in [9.17, 15) is 4.79 Å². The molecule has 3 rings (SSSR count). The number of carbonyl (C=O) groups is 1. The number of amides is 1. The van der Waals surface area contributed by atoms with E-state index in [0.717, 1.165) is 10.7 Å². The molecular formula is C20H19N5O2S. The first-order valence-electron chi connectivity index (χ1n) is 8.66. The third kappa shape index (κ3) is 5.53. The summed E-state index contributed by atoms with van der Waals surface area (Å²) in [5.41, 5.74) is 1.91. The summed E-state index contributed by atoms with van der Waals surface area (Å²) in [4.78, 5) is 20.8. The third-order valence-corrected chi connectivity index (χ3v) is 4.58. The second-order valence-electron chi connectivity index (χ2n) is 5.90. The lowest BCUT2D eigenvalue weighted by Crippen LogP contribution is -2.28. The SMILES string of the molecule is Cc1nc(COc2cccc(C(=O)NCCNc3ccc(C#N)cn3)c2)cs1. The summed E-state index contributed by atoms with van der Waals surface area (Å²) in [6.45, 7) is 3.27. The first kappa shape index (κ1) is 19.3. The van der Waals surface area contributed by atoms with Gasteiger partial charge in [0.15, 0.2) is 0 Å². The van der Waals surface area contributed by atoms with Crippen LogP contribution in [0.2, 0.25) is 0 Å². The first-order chi connectivity index (χ1) is 13.6. The van der Waals surface area contributed by atoms with Gasteiger partial charge in [-0.1, -0.05) is 6.07 Å². The van der Waals surface area contributed by atoms with Crippen molar-refractivity contribution in [1.82, 2.24) is 15.3 Å². The molecule has 1 amide bonds. The lowest BCUT2D eigenvalue weighted by atomic mass is 10.2. The Labute approximate surface area is 167 Å². The Bertz CT molecular complexity index is 979. The summed E-state index contributed by atoms with van der Waals surface area (Å²) in [5, 5.41) is 17.6. The van der Waals surface area contributed by atoms with Gasteiger partial charge in [-0.15, -0.1) is 11.3 Å². The van der Waals surface area contributed by atoms with Crippen LogP contribution in [0.3, 0.4) is 0 Å². The van der Waals surface area contributed by atoms with E-state index in [1.807, 2.05) is 24.4 Å². The number of anilines is 1. The van der Waals surface area contributed by atoms with Crippen LogP contribution in [0, 0.1) is 18.3 Å². The number of nitrogens with one attached hydrogen (secondary N) is 2. The van der Waals surface area contributed by atoms with Crippen LogP contribution in [0.25, 0.3) is 0 Å². The van der Waals surface area contributed by atoms with E-state index in [1.54, 1.807) is 41.7 Å². The van der Waals surface area contributed by atoms with Gasteiger partial charge in [0, 0.05) is 30.2 Å². The molecule has 2 heterocycles. The number of hydrogen-bond acceptors (Lipinski definition) is 7. The normalized spacial score (nSPS) is 10.1. The van der Waals surface area contributed by atoms with Crippen molar-refractivity contribution in [3.05, 3.63) is 69.8 Å². The number of rotatable bonds is 8. The van der Waals surface area contributed by atoms with Gasteiger partial charge in [-0.25, -0.2) is 9.97 Å². The van der Waals surface area contributed by atoms with Gasteiger partial charge in [-0.3, -0.25) is 4.79 Å². The second kappa shape index (κ2) is 9.48. The number of ether oxygens (including phenoxy) is 1. The quantitative estimate of drug-likeness (QED) is 0.570. The van der Waals surface area contributed by atoms with Crippen molar-refractivity contribution >= 4 is 23.1 Å². The molecule has 1 aromatic carbocycles. The number of hydrogen-bond donors (Lipinski definition) is 2. The molecule has 3 aromatic rings. The minimum absolute atomic E-state index is 0.176. The summed E-state index contributed by atoms with van der Waals surface area (Å²) >= 11 is 1.58. The number of nitrogens with zero attached hydrogens (tertiary/aromatic N) is 3. The zero-order chi connectivity index (χ0) is 19.8. The molecule has 0 aliphatic carbocycles. The van der Waals surface area contributed by atoms with Crippen molar-refractivity contribution in [2.45, 2.75) is 13.5 Å². The highest BCUT2D eigenvalue weighted by Gasteiger charge is 2.07. The molecule has 0 unspecified atom stereocenters. The Morgan fingerprint density at radius 2 is 2.18 bits per heavy atom. The number of pyridine rings is 1. The molecule has 0 fully saturated rings. The molecule has 28 heavy (non-hydrogen) atoms. The fraction of sp³-hybridized carbons (Fsp3) is 0.200. The lowest BCUT2D eigenvalue weighted by molar-refractivity contribution is 0.0954. The third-order valence-electron chi connectivity index (χ3n) is 3.76. The number of nitriles is 1. The Morgan fingerprint density at radius 3 is 2.89 bits per heavy atom. The van der Waals surface area contributed by atoms with E-state index in [4.69, 9.17) is 10.00 Å². The maximum absolute atomic E-state index is 12.3. The van der Waals surface area contributed by atoms with Gasteiger partial charge in [0.2, 0.25) is 0 Å². The molecule has 0 aliphatic heterocycles. The average Bonchev–Trinajstić information content (AvgIpc) is 3.15. The Kier molecular flexibility index (Phi) is 6.54. The standard InChI is InChI=1S/C20H19N5O2S/c1-14-25-17(13-28-14)12-27-18-4-2-3-16(9-18)20(26)23-8-7-22-19-6-5-15(10-21)11-24-19/h2-6,9,11,13H,7-8,12H2,1H3,(H,22,24)(H,23,26). The molecule has 8 heteroatoms. The van der Waals surface area contributed by atoms with Crippen LogP contribution in [0.15, 0.2) is 48.0 Å². The number of thiazole rings is 1. The molecule has 2 N–H and O–H groups in total. The van der Waals surface area contributed by atoms with E-state index in [2.05, 4.69) is 20.6 Å². The topological polar surface area (TPSA) is 99.9 Å². The van der Waals surface area contributed by atoms with Crippen LogP contribution in [0.5, 0.6) is 5.75 Å². The predicted octanol–water partition coefficient (Wildman–Crippen LogP) is 3.14. The van der Waals surface area contributed by atoms with Crippen molar-refractivity contribution in [1.29, 1.82) is 5.26 Å². The largest absolute Gasteiger partial charge is 0.487 e. The molecule has 2 aromatic heterocycles. The van der Waals surface area contributed by atoms with Crippen LogP contribution in [-0.4, -0.2) is 29.0 Å². The summed E-state index contributed by atoms with van der Waals surface area (Å²) < 4.78 is 5.72. The van der Waals surface area contributed by atoms with E-state index in [-0.39, 0.29) is 5.91 Å². The lowest BCUT2D eigenvalue weighted by Gasteiger charge is -2.09. The summed E-state index contributed by atoms with van der Waals surface area (Å²) in [5.74, 6) is 1.10. The molecule has 0 aliphatic rings. The number of benzene rings is 1. The summed E-state index contributed by atoms with van der Waals surface area (Å²) in [6.07, 6.45) is 1.50. The zero-order valence-corrected chi connectivity index (χ0v) is 16.1. The van der Waals surface area contributed by atoms with Gasteiger partial charge >= 0.3 is 0 Å². The molecule has 142 valence electrons. The Morgan fingerprint density at radius 1 is 1.29 bits per heavy atom. The van der Waals surface area contributed by atoms with E-state index in [1.165, 1.54) is 6.20 Å². The van der Waals surface area contributed by atoms with Crippen LogP contribution in [0.4, 0.5) is 5.82 Å². The van der Waals surface area contributed by atoms with E-state index in [0.29, 0.717) is 42.4 Å². The maximum Gasteiger partial charge on any atom is 0.251 e. The molecule has 0 saturated heterocycles. The maximum atomic E-state index is 12.3. The first-order valence-corrected chi connectivity index (χ1v) is 9.54. The molecule has 0 spiro atoms. The van der Waals surface area contributed by atoms with Gasteiger partial charge in [-0.2, -0.15) is 5.26 Å². The number of aryl methyl sites for hydroxylation is 1. The number of aromatic nitrogens is 2. The molecule has 0 atom stereocenters. The van der Waals surface area contributed by atoms with E-state index >= 15 is 0 Å². The number of carbonyl (C=O) groups excluding carboxylic acids is 1. The van der Waals surface area contributed by atoms with Crippen molar-refractivity contribution in [2.24, 2.45) is 0 Å². The van der Waals surface area contributed by atoms with Gasteiger partial charge < -0.3 is 15.4 Å².